The monoisotopic (exact) mass is 273 g/mol. The van der Waals surface area contributed by atoms with Gasteiger partial charge in [-0.25, -0.2) is 4.79 Å². The van der Waals surface area contributed by atoms with Crippen LogP contribution in [0.2, 0.25) is 0 Å². The van der Waals surface area contributed by atoms with E-state index in [0.29, 0.717) is 5.69 Å². The van der Waals surface area contributed by atoms with Crippen molar-refractivity contribution in [2.24, 2.45) is 19.1 Å². The van der Waals surface area contributed by atoms with E-state index in [-0.39, 0.29) is 5.56 Å². The van der Waals surface area contributed by atoms with Crippen molar-refractivity contribution >= 4 is 11.9 Å². The zero-order valence-electron chi connectivity index (χ0n) is 11.5. The van der Waals surface area contributed by atoms with E-state index in [0.717, 1.165) is 14.7 Å². The molecule has 20 heavy (non-hydrogen) atoms. The van der Waals surface area contributed by atoms with Gasteiger partial charge in [0.25, 0.3) is 5.56 Å². The van der Waals surface area contributed by atoms with Crippen molar-refractivity contribution in [3.05, 3.63) is 56.2 Å². The van der Waals surface area contributed by atoms with Crippen LogP contribution in [0.4, 0.5) is 5.69 Å². The van der Waals surface area contributed by atoms with E-state index in [4.69, 9.17) is 0 Å². The van der Waals surface area contributed by atoms with Crippen molar-refractivity contribution in [3.8, 4) is 5.88 Å². The molecule has 0 atom stereocenters. The molecule has 0 fully saturated rings. The molecule has 6 heteroatoms. The molecule has 0 amide bonds. The number of hydrogen-bond acceptors (Lipinski definition) is 4. The van der Waals surface area contributed by atoms with Gasteiger partial charge in [-0.1, -0.05) is 18.2 Å². The van der Waals surface area contributed by atoms with Crippen molar-refractivity contribution in [2.75, 3.05) is 0 Å². The SMILES string of the molecule is Cc1ccccc1N=Cc1c(O)n(C)c(=O)n(C)c1=O. The van der Waals surface area contributed by atoms with Gasteiger partial charge in [-0.3, -0.25) is 18.9 Å². The first-order valence-corrected chi connectivity index (χ1v) is 6.02. The van der Waals surface area contributed by atoms with E-state index >= 15 is 0 Å². The van der Waals surface area contributed by atoms with Gasteiger partial charge >= 0.3 is 5.69 Å². The quantitative estimate of drug-likeness (QED) is 0.824. The molecule has 0 radical (unpaired) electrons. The third kappa shape index (κ3) is 2.27. The number of aromatic nitrogens is 2. The minimum atomic E-state index is -0.583. The van der Waals surface area contributed by atoms with Crippen LogP contribution in [-0.4, -0.2) is 20.5 Å². The van der Waals surface area contributed by atoms with Crippen molar-refractivity contribution in [1.29, 1.82) is 0 Å². The molecule has 2 rings (SSSR count). The molecule has 0 aliphatic heterocycles. The number of aliphatic imine (C=N–C) groups is 1. The van der Waals surface area contributed by atoms with E-state index in [2.05, 4.69) is 4.99 Å². The van der Waals surface area contributed by atoms with Crippen molar-refractivity contribution in [1.82, 2.24) is 9.13 Å². The summed E-state index contributed by atoms with van der Waals surface area (Å²) in [7, 11) is 2.75. The van der Waals surface area contributed by atoms with Crippen LogP contribution in [0.5, 0.6) is 5.88 Å². The fraction of sp³-hybridized carbons (Fsp3) is 0.214. The maximum atomic E-state index is 12.0. The molecule has 0 spiro atoms. The maximum absolute atomic E-state index is 12.0. The average molecular weight is 273 g/mol. The van der Waals surface area contributed by atoms with Gasteiger partial charge in [0.1, 0.15) is 5.56 Å². The van der Waals surface area contributed by atoms with Crippen LogP contribution in [0.15, 0.2) is 38.8 Å². The summed E-state index contributed by atoms with van der Waals surface area (Å²) in [6.07, 6.45) is 1.28. The molecule has 0 saturated heterocycles. The normalized spacial score (nSPS) is 11.2. The van der Waals surface area contributed by atoms with Crippen LogP contribution in [0.25, 0.3) is 0 Å². The summed E-state index contributed by atoms with van der Waals surface area (Å²) in [6.45, 7) is 1.89. The van der Waals surface area contributed by atoms with Crippen molar-refractivity contribution in [3.63, 3.8) is 0 Å². The molecule has 104 valence electrons. The first-order valence-electron chi connectivity index (χ1n) is 6.02. The molecule has 0 unspecified atom stereocenters. The number of benzene rings is 1. The zero-order chi connectivity index (χ0) is 14.9. The summed E-state index contributed by atoms with van der Waals surface area (Å²) < 4.78 is 1.93. The zero-order valence-corrected chi connectivity index (χ0v) is 11.5. The molecule has 0 aliphatic rings. The number of rotatable bonds is 2. The molecule has 6 nitrogen and oxygen atoms in total. The number of aromatic hydroxyl groups is 1. The van der Waals surface area contributed by atoms with Crippen LogP contribution in [0.3, 0.4) is 0 Å². The second-order valence-corrected chi connectivity index (χ2v) is 4.49. The lowest BCUT2D eigenvalue weighted by Crippen LogP contribution is -2.38. The molecule has 2 aromatic rings. The molecule has 1 aromatic heterocycles. The second kappa shape index (κ2) is 5.16. The smallest absolute Gasteiger partial charge is 0.333 e. The van der Waals surface area contributed by atoms with E-state index in [9.17, 15) is 14.7 Å². The van der Waals surface area contributed by atoms with Gasteiger partial charge < -0.3 is 5.11 Å². The highest BCUT2D eigenvalue weighted by molar-refractivity contribution is 5.84. The number of aryl methyl sites for hydroxylation is 1. The Morgan fingerprint density at radius 2 is 1.80 bits per heavy atom. The molecule has 1 N–H and O–H groups in total. The van der Waals surface area contributed by atoms with Crippen molar-refractivity contribution in [2.45, 2.75) is 6.92 Å². The summed E-state index contributed by atoms with van der Waals surface area (Å²) in [5.74, 6) is -0.393. The van der Waals surface area contributed by atoms with Crippen LogP contribution in [0, 0.1) is 6.92 Å². The first-order chi connectivity index (χ1) is 9.43. The Morgan fingerprint density at radius 3 is 2.45 bits per heavy atom. The minimum absolute atomic E-state index is 0.0159. The Kier molecular flexibility index (Phi) is 3.56. The predicted octanol–water partition coefficient (Wildman–Crippen LogP) is 0.849. The van der Waals surface area contributed by atoms with E-state index in [1.807, 2.05) is 25.1 Å². The van der Waals surface area contributed by atoms with Gasteiger partial charge in [-0.05, 0) is 18.6 Å². The van der Waals surface area contributed by atoms with Crippen LogP contribution in [0.1, 0.15) is 11.1 Å². The first kappa shape index (κ1) is 13.8. The Balaban J connectivity index is 2.59. The third-order valence-electron chi connectivity index (χ3n) is 3.12. The predicted molar refractivity (Wildman–Crippen MR) is 77.0 cm³/mol. The van der Waals surface area contributed by atoms with Gasteiger partial charge in [0, 0.05) is 20.3 Å². The molecule has 1 heterocycles. The van der Waals surface area contributed by atoms with Gasteiger partial charge in [0.2, 0.25) is 5.88 Å². The fourth-order valence-corrected chi connectivity index (χ4v) is 1.81. The molecular formula is C14H15N3O3. The van der Waals surface area contributed by atoms with Gasteiger partial charge in [0.15, 0.2) is 0 Å². The van der Waals surface area contributed by atoms with Crippen LogP contribution >= 0.6 is 0 Å². The number of hydrogen-bond donors (Lipinski definition) is 1. The lowest BCUT2D eigenvalue weighted by atomic mass is 10.2. The second-order valence-electron chi connectivity index (χ2n) is 4.49. The Labute approximate surface area is 115 Å². The average Bonchev–Trinajstić information content (AvgIpc) is 2.45. The number of nitrogens with zero attached hydrogens (tertiary/aromatic N) is 3. The summed E-state index contributed by atoms with van der Waals surface area (Å²) in [4.78, 5) is 27.8. The molecule has 0 bridgehead atoms. The summed E-state index contributed by atoms with van der Waals surface area (Å²) >= 11 is 0. The highest BCUT2D eigenvalue weighted by Crippen LogP contribution is 2.17. The maximum Gasteiger partial charge on any atom is 0.333 e. The third-order valence-corrected chi connectivity index (χ3v) is 3.12. The summed E-state index contributed by atoms with van der Waals surface area (Å²) in [5, 5.41) is 9.89. The molecule has 0 aliphatic carbocycles. The Hall–Kier alpha value is -2.63. The highest BCUT2D eigenvalue weighted by atomic mass is 16.3. The van der Waals surface area contributed by atoms with Crippen LogP contribution < -0.4 is 11.2 Å². The summed E-state index contributed by atoms with van der Waals surface area (Å²) in [5.41, 5.74) is 0.467. The topological polar surface area (TPSA) is 76.6 Å². The Bertz CT molecular complexity index is 800. The molecule has 1 aromatic carbocycles. The van der Waals surface area contributed by atoms with Crippen molar-refractivity contribution < 1.29 is 5.11 Å². The summed E-state index contributed by atoms with van der Waals surface area (Å²) in [6, 6.07) is 7.41. The lowest BCUT2D eigenvalue weighted by molar-refractivity contribution is 0.410. The van der Waals surface area contributed by atoms with E-state index in [1.165, 1.54) is 20.3 Å². The number of para-hydroxylation sites is 1. The van der Waals surface area contributed by atoms with Crippen LogP contribution in [-0.2, 0) is 14.1 Å². The largest absolute Gasteiger partial charge is 0.494 e. The lowest BCUT2D eigenvalue weighted by Gasteiger charge is -2.07. The van der Waals surface area contributed by atoms with Gasteiger partial charge in [-0.2, -0.15) is 0 Å². The van der Waals surface area contributed by atoms with E-state index in [1.54, 1.807) is 6.07 Å². The van der Waals surface area contributed by atoms with E-state index < -0.39 is 17.1 Å². The van der Waals surface area contributed by atoms with Gasteiger partial charge in [-0.15, -0.1) is 0 Å². The Morgan fingerprint density at radius 1 is 1.15 bits per heavy atom. The molecular weight excluding hydrogens is 258 g/mol. The standard InChI is InChI=1S/C14H15N3O3/c1-9-6-4-5-7-11(9)15-8-10-12(18)16(2)14(20)17(3)13(10)19/h4-8,18H,1-3H3. The fourth-order valence-electron chi connectivity index (χ4n) is 1.81. The molecule has 0 saturated carbocycles. The highest BCUT2D eigenvalue weighted by Gasteiger charge is 2.12. The van der Waals surface area contributed by atoms with Gasteiger partial charge in [0.05, 0.1) is 5.69 Å². The minimum Gasteiger partial charge on any atom is -0.494 e.